The molecule has 0 spiro atoms. The zero-order chi connectivity index (χ0) is 43.8. The van der Waals surface area contributed by atoms with E-state index in [1.165, 1.54) is 70.6 Å². The summed E-state index contributed by atoms with van der Waals surface area (Å²) >= 11 is 0. The Kier molecular flexibility index (Phi) is 31.4. The van der Waals surface area contributed by atoms with E-state index in [1.54, 1.807) is 12.2 Å². The number of esters is 2. The minimum Gasteiger partial charge on any atom is -0.756 e. The van der Waals surface area contributed by atoms with Crippen LogP contribution in [0.3, 0.4) is 0 Å². The minimum atomic E-state index is -4.69. The summed E-state index contributed by atoms with van der Waals surface area (Å²) < 4.78 is 33.8. The highest BCUT2D eigenvalue weighted by molar-refractivity contribution is 7.45. The fourth-order valence-electron chi connectivity index (χ4n) is 7.11. The van der Waals surface area contributed by atoms with E-state index in [9.17, 15) is 34.1 Å². The Morgan fingerprint density at radius 1 is 0.797 bits per heavy atom. The number of aliphatic hydroxyl groups excluding tert-OH is 2. The van der Waals surface area contributed by atoms with Crippen LogP contribution < -0.4 is 4.89 Å². The summed E-state index contributed by atoms with van der Waals surface area (Å²) in [5, 5.41) is 20.7. The highest BCUT2D eigenvalue weighted by Crippen LogP contribution is 2.38. The first kappa shape index (κ1) is 55.1. The Morgan fingerprint density at radius 2 is 1.36 bits per heavy atom. The molecule has 1 saturated carbocycles. The Labute approximate surface area is 358 Å². The molecule has 0 bridgehead atoms. The van der Waals surface area contributed by atoms with Crippen LogP contribution in [0.25, 0.3) is 0 Å². The average molecular weight is 858 g/mol. The molecule has 2 N–H and O–H groups in total. The maximum absolute atomic E-state index is 12.7. The monoisotopic (exact) mass is 858 g/mol. The number of unbranched alkanes of at least 4 members (excludes halogenated alkanes) is 17. The van der Waals surface area contributed by atoms with Crippen molar-refractivity contribution >= 4 is 25.5 Å². The smallest absolute Gasteiger partial charge is 0.306 e. The number of ketones is 1. The molecule has 344 valence electrons. The van der Waals surface area contributed by atoms with Crippen LogP contribution in [-0.4, -0.2) is 98.2 Å². The number of phosphoric ester groups is 1. The van der Waals surface area contributed by atoms with E-state index in [4.69, 9.17) is 18.5 Å². The summed E-state index contributed by atoms with van der Waals surface area (Å²) in [6, 6.07) is 0. The van der Waals surface area contributed by atoms with Crippen molar-refractivity contribution in [1.82, 2.24) is 0 Å². The molecule has 0 aromatic rings. The normalized spacial score (nSPS) is 19.4. The molecule has 1 fully saturated rings. The predicted octanol–water partition coefficient (Wildman–Crippen LogP) is 9.09. The molecule has 0 aromatic carbocycles. The lowest BCUT2D eigenvalue weighted by Crippen LogP contribution is -2.37. The van der Waals surface area contributed by atoms with Crippen molar-refractivity contribution in [3.05, 3.63) is 24.3 Å². The third-order valence-electron chi connectivity index (χ3n) is 10.8. The van der Waals surface area contributed by atoms with Crippen molar-refractivity contribution in [3.63, 3.8) is 0 Å². The molecule has 0 aromatic heterocycles. The number of ether oxygens (including phenoxy) is 2. The molecule has 1 aliphatic rings. The summed E-state index contributed by atoms with van der Waals surface area (Å²) in [5.41, 5.74) is 0. The number of hydrogen-bond acceptors (Lipinski definition) is 11. The number of rotatable bonds is 38. The number of Topliss-reactive ketones (excluding diaryl/α,β-unsaturated/α-hetero) is 1. The minimum absolute atomic E-state index is 0.000970. The summed E-state index contributed by atoms with van der Waals surface area (Å²) in [5.74, 6) is -1.74. The molecule has 0 amide bonds. The van der Waals surface area contributed by atoms with Crippen LogP contribution in [0.5, 0.6) is 0 Å². The Balaban J connectivity index is 2.48. The summed E-state index contributed by atoms with van der Waals surface area (Å²) in [7, 11) is 1.02. The standard InChI is InChI=1S/C46H84NO11P/c1-6-8-10-11-12-13-14-15-16-17-18-19-20-21-27-31-46(52)58-40(38-57-59(53,54)56-35-34-47(3,4)5)37-55-45(51)30-26-23-22-25-29-41-42(44(50)36-43(41)49)33-32-39(48)28-24-9-7-2/h22,25,32-33,39-42,44,48,50H,6-21,23-24,26-31,34-38H2,1-5H3/b25-22-,33-32+/t39-,40+,41+,42+,44+/m0/s1. The number of likely N-dealkylation sites (N-methyl/N-ethyl adjacent to an activating group) is 1. The van der Waals surface area contributed by atoms with Crippen LogP contribution in [0.4, 0.5) is 0 Å². The highest BCUT2D eigenvalue weighted by atomic mass is 31.2. The third kappa shape index (κ3) is 30.7. The van der Waals surface area contributed by atoms with Gasteiger partial charge in [0.25, 0.3) is 7.82 Å². The molecular weight excluding hydrogens is 773 g/mol. The first-order valence-electron chi connectivity index (χ1n) is 23.1. The van der Waals surface area contributed by atoms with Crippen molar-refractivity contribution in [2.24, 2.45) is 11.8 Å². The Morgan fingerprint density at radius 3 is 1.95 bits per heavy atom. The topological polar surface area (TPSA) is 169 Å². The number of phosphoric acid groups is 1. The summed E-state index contributed by atoms with van der Waals surface area (Å²) in [6.45, 7) is 3.83. The van der Waals surface area contributed by atoms with Gasteiger partial charge in [-0.3, -0.25) is 18.9 Å². The van der Waals surface area contributed by atoms with E-state index >= 15 is 0 Å². The molecular formula is C46H84NO11P. The van der Waals surface area contributed by atoms with Crippen molar-refractivity contribution in [3.8, 4) is 0 Å². The molecule has 13 heteroatoms. The van der Waals surface area contributed by atoms with Gasteiger partial charge in [0.05, 0.1) is 40.0 Å². The molecule has 6 atom stereocenters. The predicted molar refractivity (Wildman–Crippen MR) is 232 cm³/mol. The van der Waals surface area contributed by atoms with Crippen molar-refractivity contribution < 1.29 is 57.1 Å². The molecule has 1 rings (SSSR count). The van der Waals surface area contributed by atoms with Gasteiger partial charge in [0.2, 0.25) is 0 Å². The molecule has 1 unspecified atom stereocenters. The fourth-order valence-corrected chi connectivity index (χ4v) is 7.84. The van der Waals surface area contributed by atoms with Crippen molar-refractivity contribution in [2.75, 3.05) is 47.5 Å². The van der Waals surface area contributed by atoms with Gasteiger partial charge in [-0.25, -0.2) is 0 Å². The number of quaternary nitrogens is 1. The quantitative estimate of drug-likeness (QED) is 0.0200. The van der Waals surface area contributed by atoms with Gasteiger partial charge in [-0.1, -0.05) is 147 Å². The average Bonchev–Trinajstić information content (AvgIpc) is 3.44. The van der Waals surface area contributed by atoms with E-state index in [2.05, 4.69) is 13.8 Å². The van der Waals surface area contributed by atoms with E-state index in [0.29, 0.717) is 43.1 Å². The van der Waals surface area contributed by atoms with Gasteiger partial charge in [0.1, 0.15) is 25.5 Å². The maximum atomic E-state index is 12.7. The van der Waals surface area contributed by atoms with Crippen LogP contribution in [-0.2, 0) is 37.5 Å². The van der Waals surface area contributed by atoms with Crippen LogP contribution >= 0.6 is 7.82 Å². The lowest BCUT2D eigenvalue weighted by molar-refractivity contribution is -0.870. The lowest BCUT2D eigenvalue weighted by atomic mass is 9.90. The van der Waals surface area contributed by atoms with Gasteiger partial charge >= 0.3 is 11.9 Å². The zero-order valence-corrected chi connectivity index (χ0v) is 38.6. The number of carbonyl (C=O) groups is 3. The number of carbonyl (C=O) groups excluding carboxylic acids is 3. The number of hydrogen-bond donors (Lipinski definition) is 2. The highest BCUT2D eigenvalue weighted by Gasteiger charge is 2.39. The van der Waals surface area contributed by atoms with Gasteiger partial charge in [-0.05, 0) is 32.1 Å². The summed E-state index contributed by atoms with van der Waals surface area (Å²) in [4.78, 5) is 50.3. The van der Waals surface area contributed by atoms with Crippen LogP contribution in [0.1, 0.15) is 174 Å². The first-order valence-corrected chi connectivity index (χ1v) is 24.6. The van der Waals surface area contributed by atoms with Crippen molar-refractivity contribution in [2.45, 2.75) is 193 Å². The van der Waals surface area contributed by atoms with Gasteiger partial charge in [0, 0.05) is 31.1 Å². The largest absolute Gasteiger partial charge is 0.756 e. The zero-order valence-electron chi connectivity index (χ0n) is 37.7. The third-order valence-corrected chi connectivity index (χ3v) is 11.8. The Bertz CT molecular complexity index is 1220. The second kappa shape index (κ2) is 33.7. The molecule has 0 saturated heterocycles. The molecule has 59 heavy (non-hydrogen) atoms. The van der Waals surface area contributed by atoms with Gasteiger partial charge < -0.3 is 38.1 Å². The Hall–Kier alpha value is -1.92. The number of nitrogens with zero attached hydrogens (tertiary/aromatic N) is 1. The van der Waals surface area contributed by atoms with E-state index in [0.717, 1.165) is 38.5 Å². The molecule has 12 nitrogen and oxygen atoms in total. The maximum Gasteiger partial charge on any atom is 0.306 e. The van der Waals surface area contributed by atoms with Gasteiger partial charge in [-0.2, -0.15) is 0 Å². The molecule has 0 heterocycles. The molecule has 0 radical (unpaired) electrons. The van der Waals surface area contributed by atoms with Crippen LogP contribution in [0.2, 0.25) is 0 Å². The molecule has 1 aliphatic carbocycles. The van der Waals surface area contributed by atoms with E-state index in [-0.39, 0.29) is 50.1 Å². The van der Waals surface area contributed by atoms with E-state index < -0.39 is 44.7 Å². The fraction of sp³-hybridized carbons (Fsp3) is 0.848. The van der Waals surface area contributed by atoms with Gasteiger partial charge in [-0.15, -0.1) is 0 Å². The summed E-state index contributed by atoms with van der Waals surface area (Å²) in [6.07, 6.45) is 28.5. The second-order valence-corrected chi connectivity index (χ2v) is 19.0. The van der Waals surface area contributed by atoms with Crippen LogP contribution in [0, 0.1) is 11.8 Å². The molecule has 0 aliphatic heterocycles. The first-order chi connectivity index (χ1) is 28.2. The number of allylic oxidation sites excluding steroid dienone is 2. The van der Waals surface area contributed by atoms with Crippen LogP contribution in [0.15, 0.2) is 24.3 Å². The van der Waals surface area contributed by atoms with Gasteiger partial charge in [0.15, 0.2) is 6.10 Å². The second-order valence-electron chi connectivity index (χ2n) is 17.6. The SMILES string of the molecule is CCCCCCCCCCCCCCCCCC(=O)O[C@H](COC(=O)CCC/C=C\C[C@H]1C(=O)C[C@@H](O)[C@@H]1/C=C/[C@@H](O)CCCCC)COP(=O)([O-])OCC[N+](C)(C)C. The van der Waals surface area contributed by atoms with Crippen molar-refractivity contribution in [1.29, 1.82) is 0 Å². The lowest BCUT2D eigenvalue weighted by Gasteiger charge is -2.28. The number of aliphatic hydroxyl groups is 2. The van der Waals surface area contributed by atoms with E-state index in [1.807, 2.05) is 33.3 Å².